The van der Waals surface area contributed by atoms with Crippen molar-refractivity contribution < 1.29 is 0 Å². The molecule has 1 nitrogen and oxygen atoms in total. The van der Waals surface area contributed by atoms with Gasteiger partial charge < -0.3 is 0 Å². The summed E-state index contributed by atoms with van der Waals surface area (Å²) >= 11 is 0. The first-order valence-corrected chi connectivity index (χ1v) is 14.9. The SMILES string of the molecule is c1ccc(-c2ccc3c(n2)Cc2c(-c4cccc(-c5ccc6c7ccccc7c7ccccc7c6c5)c4)cccc2-3)cc1. The van der Waals surface area contributed by atoms with E-state index in [1.807, 2.05) is 0 Å². The van der Waals surface area contributed by atoms with E-state index in [2.05, 4.69) is 152 Å². The van der Waals surface area contributed by atoms with Crippen LogP contribution in [0.15, 0.2) is 152 Å². The number of benzene rings is 7. The second-order valence-corrected chi connectivity index (χ2v) is 11.5. The second kappa shape index (κ2) is 9.51. The minimum absolute atomic E-state index is 0.848. The maximum Gasteiger partial charge on any atom is 0.0705 e. The largest absolute Gasteiger partial charge is 0.252 e. The zero-order valence-corrected chi connectivity index (χ0v) is 23.6. The molecule has 1 heteroatoms. The Balaban J connectivity index is 1.15. The van der Waals surface area contributed by atoms with E-state index >= 15 is 0 Å². The summed E-state index contributed by atoms with van der Waals surface area (Å²) in [5, 5.41) is 7.82. The van der Waals surface area contributed by atoms with Crippen molar-refractivity contribution in [2.75, 3.05) is 0 Å². The van der Waals surface area contributed by atoms with Crippen LogP contribution in [0.25, 0.3) is 77.0 Å². The van der Waals surface area contributed by atoms with Crippen LogP contribution in [0.2, 0.25) is 0 Å². The number of aromatic nitrogens is 1. The highest BCUT2D eigenvalue weighted by molar-refractivity contribution is 6.25. The van der Waals surface area contributed by atoms with Gasteiger partial charge in [0.05, 0.1) is 11.4 Å². The predicted octanol–water partition coefficient (Wildman–Crippen LogP) is 11.1. The fourth-order valence-corrected chi connectivity index (χ4v) is 7.07. The number of hydrogen-bond acceptors (Lipinski definition) is 1. The lowest BCUT2D eigenvalue weighted by molar-refractivity contribution is 1.13. The number of hydrogen-bond donors (Lipinski definition) is 0. The summed E-state index contributed by atoms with van der Waals surface area (Å²) in [7, 11) is 0. The average Bonchev–Trinajstić information content (AvgIpc) is 3.47. The standard InChI is InChI=1S/C42H27N/c1-2-10-27(11-3-1)41-23-22-38-36-19-9-18-31(40(36)26-42(38)43-41)30-13-8-12-28(24-30)29-20-21-37-34-16-5-4-14-32(34)33-15-6-7-17-35(33)39(37)25-29/h1-25H,26H2. The van der Waals surface area contributed by atoms with Crippen molar-refractivity contribution in [1.82, 2.24) is 4.98 Å². The average molecular weight is 546 g/mol. The summed E-state index contributed by atoms with van der Waals surface area (Å²) in [6.45, 7) is 0. The molecule has 1 aromatic heterocycles. The van der Waals surface area contributed by atoms with E-state index in [0.29, 0.717) is 0 Å². The molecule has 0 fully saturated rings. The first-order chi connectivity index (χ1) is 21.3. The van der Waals surface area contributed by atoms with E-state index in [1.165, 1.54) is 71.3 Å². The fourth-order valence-electron chi connectivity index (χ4n) is 7.07. The molecule has 0 bridgehead atoms. The van der Waals surface area contributed by atoms with Crippen molar-refractivity contribution in [3.63, 3.8) is 0 Å². The molecule has 0 amide bonds. The summed E-state index contributed by atoms with van der Waals surface area (Å²) in [4.78, 5) is 5.11. The molecule has 0 unspecified atom stereocenters. The van der Waals surface area contributed by atoms with Gasteiger partial charge in [-0.25, -0.2) is 0 Å². The van der Waals surface area contributed by atoms with Gasteiger partial charge in [-0.3, -0.25) is 4.98 Å². The van der Waals surface area contributed by atoms with Crippen molar-refractivity contribution in [2.24, 2.45) is 0 Å². The molecule has 8 aromatic rings. The van der Waals surface area contributed by atoms with Crippen molar-refractivity contribution >= 4 is 32.3 Å². The van der Waals surface area contributed by atoms with Gasteiger partial charge in [0.1, 0.15) is 0 Å². The third kappa shape index (κ3) is 3.82. The van der Waals surface area contributed by atoms with Crippen LogP contribution in [0.4, 0.5) is 0 Å². The maximum atomic E-state index is 5.11. The van der Waals surface area contributed by atoms with Crippen molar-refractivity contribution in [3.05, 3.63) is 163 Å². The number of nitrogens with zero attached hydrogens (tertiary/aromatic N) is 1. The van der Waals surface area contributed by atoms with Crippen molar-refractivity contribution in [3.8, 4) is 44.6 Å². The van der Waals surface area contributed by atoms with E-state index in [1.54, 1.807) is 0 Å². The normalized spacial score (nSPS) is 12.1. The Kier molecular flexibility index (Phi) is 5.33. The van der Waals surface area contributed by atoms with Crippen molar-refractivity contribution in [2.45, 2.75) is 6.42 Å². The van der Waals surface area contributed by atoms with Gasteiger partial charge in [0.2, 0.25) is 0 Å². The van der Waals surface area contributed by atoms with Crippen LogP contribution in [0.3, 0.4) is 0 Å². The zero-order chi connectivity index (χ0) is 28.3. The lowest BCUT2D eigenvalue weighted by Crippen LogP contribution is -1.91. The third-order valence-corrected chi connectivity index (χ3v) is 9.11. The minimum atomic E-state index is 0.848. The summed E-state index contributed by atoms with van der Waals surface area (Å²) in [6.07, 6.45) is 0.848. The van der Waals surface area contributed by atoms with E-state index < -0.39 is 0 Å². The van der Waals surface area contributed by atoms with E-state index in [9.17, 15) is 0 Å². The molecule has 43 heavy (non-hydrogen) atoms. The molecule has 0 radical (unpaired) electrons. The molecule has 0 atom stereocenters. The smallest absolute Gasteiger partial charge is 0.0705 e. The Morgan fingerprint density at radius 3 is 1.70 bits per heavy atom. The molecular formula is C42H27N. The molecule has 1 aliphatic rings. The molecule has 200 valence electrons. The van der Waals surface area contributed by atoms with Crippen LogP contribution >= 0.6 is 0 Å². The van der Waals surface area contributed by atoms with Gasteiger partial charge in [-0.1, -0.05) is 133 Å². The van der Waals surface area contributed by atoms with Crippen LogP contribution in [-0.2, 0) is 6.42 Å². The second-order valence-electron chi connectivity index (χ2n) is 11.5. The van der Waals surface area contributed by atoms with Gasteiger partial charge in [-0.05, 0) is 83.9 Å². The van der Waals surface area contributed by atoms with Crippen LogP contribution in [0, 0.1) is 0 Å². The lowest BCUT2D eigenvalue weighted by atomic mass is 9.90. The highest BCUT2D eigenvalue weighted by Crippen LogP contribution is 2.43. The van der Waals surface area contributed by atoms with E-state index in [0.717, 1.165) is 23.4 Å². The highest BCUT2D eigenvalue weighted by atomic mass is 14.7. The molecule has 0 saturated heterocycles. The van der Waals surface area contributed by atoms with Crippen LogP contribution in [-0.4, -0.2) is 4.98 Å². The molecular weight excluding hydrogens is 518 g/mol. The maximum absolute atomic E-state index is 5.11. The highest BCUT2D eigenvalue weighted by Gasteiger charge is 2.23. The molecule has 9 rings (SSSR count). The van der Waals surface area contributed by atoms with Gasteiger partial charge >= 0.3 is 0 Å². The molecule has 0 spiro atoms. The fraction of sp³-hybridized carbons (Fsp3) is 0.0238. The Morgan fingerprint density at radius 2 is 0.930 bits per heavy atom. The van der Waals surface area contributed by atoms with Gasteiger partial charge in [0.25, 0.3) is 0 Å². The van der Waals surface area contributed by atoms with Crippen LogP contribution in [0.1, 0.15) is 11.3 Å². The third-order valence-electron chi connectivity index (χ3n) is 9.11. The summed E-state index contributed by atoms with van der Waals surface area (Å²) in [6, 6.07) is 55.1. The summed E-state index contributed by atoms with van der Waals surface area (Å²) < 4.78 is 0. The minimum Gasteiger partial charge on any atom is -0.252 e. The molecule has 1 aliphatic carbocycles. The number of fused-ring (bicyclic) bond motifs is 9. The first kappa shape index (κ1) is 24.1. The monoisotopic (exact) mass is 545 g/mol. The zero-order valence-electron chi connectivity index (χ0n) is 23.6. The van der Waals surface area contributed by atoms with Crippen molar-refractivity contribution in [1.29, 1.82) is 0 Å². The van der Waals surface area contributed by atoms with E-state index in [4.69, 9.17) is 4.98 Å². The van der Waals surface area contributed by atoms with Gasteiger partial charge in [-0.2, -0.15) is 0 Å². The lowest BCUT2D eigenvalue weighted by Gasteiger charge is -2.13. The first-order valence-electron chi connectivity index (χ1n) is 14.9. The van der Waals surface area contributed by atoms with Crippen LogP contribution in [0.5, 0.6) is 0 Å². The quantitative estimate of drug-likeness (QED) is 0.201. The molecule has 7 aromatic carbocycles. The van der Waals surface area contributed by atoms with E-state index in [-0.39, 0.29) is 0 Å². The van der Waals surface area contributed by atoms with Gasteiger partial charge in [0.15, 0.2) is 0 Å². The molecule has 0 saturated carbocycles. The van der Waals surface area contributed by atoms with Crippen LogP contribution < -0.4 is 0 Å². The predicted molar refractivity (Wildman–Crippen MR) is 181 cm³/mol. The van der Waals surface area contributed by atoms with Gasteiger partial charge in [-0.15, -0.1) is 0 Å². The summed E-state index contributed by atoms with van der Waals surface area (Å²) in [5.74, 6) is 0. The molecule has 1 heterocycles. The number of pyridine rings is 1. The molecule has 0 N–H and O–H groups in total. The Hall–Kier alpha value is -5.53. The topological polar surface area (TPSA) is 12.9 Å². The Labute approximate surface area is 250 Å². The number of rotatable bonds is 3. The summed E-state index contributed by atoms with van der Waals surface area (Å²) in [5.41, 5.74) is 12.3. The Morgan fingerprint density at radius 1 is 0.349 bits per heavy atom. The van der Waals surface area contributed by atoms with Gasteiger partial charge in [0, 0.05) is 17.5 Å². The molecule has 0 aliphatic heterocycles. The Bertz CT molecular complexity index is 2330.